The molecule has 2 N–H and O–H groups in total. The lowest BCUT2D eigenvalue weighted by molar-refractivity contribution is 0.251. The van der Waals surface area contributed by atoms with Gasteiger partial charge in [0.1, 0.15) is 5.82 Å². The molecule has 2 amide bonds. The van der Waals surface area contributed by atoms with Crippen molar-refractivity contribution in [2.45, 2.75) is 19.9 Å². The first-order chi connectivity index (χ1) is 11.2. The number of carbonyl (C=O) groups is 1. The van der Waals surface area contributed by atoms with Crippen LogP contribution < -0.4 is 10.6 Å². The molecular weight excluding hydrogens is 313 g/mol. The predicted molar refractivity (Wildman–Crippen MR) is 91.3 cm³/mol. The molecule has 0 aliphatic rings. The molecule has 1 aromatic heterocycles. The van der Waals surface area contributed by atoms with Crippen LogP contribution in [0.15, 0.2) is 42.5 Å². The third kappa shape index (κ3) is 3.65. The number of aryl methyl sites for hydroxylation is 1. The molecule has 0 atom stereocenters. The normalized spacial score (nSPS) is 10.7. The van der Waals surface area contributed by atoms with E-state index in [0.29, 0.717) is 11.7 Å². The van der Waals surface area contributed by atoms with E-state index in [-0.39, 0.29) is 11.8 Å². The summed E-state index contributed by atoms with van der Waals surface area (Å²) in [6.07, 6.45) is 0.900. The third-order valence-electron chi connectivity index (χ3n) is 3.47. The molecule has 0 spiro atoms. The van der Waals surface area contributed by atoms with E-state index in [1.165, 1.54) is 29.0 Å². The van der Waals surface area contributed by atoms with E-state index in [9.17, 15) is 9.18 Å². The molecule has 0 radical (unpaired) electrons. The van der Waals surface area contributed by atoms with Gasteiger partial charge in [-0.05, 0) is 35.7 Å². The minimum Gasteiger partial charge on any atom is -0.334 e. The lowest BCUT2D eigenvalue weighted by Gasteiger charge is -2.05. The summed E-state index contributed by atoms with van der Waals surface area (Å²) in [5.74, 6) is -0.292. The highest BCUT2D eigenvalue weighted by atomic mass is 32.1. The number of aromatic nitrogens is 1. The number of anilines is 1. The monoisotopic (exact) mass is 329 g/mol. The Kier molecular flexibility index (Phi) is 4.52. The van der Waals surface area contributed by atoms with Gasteiger partial charge in [-0.2, -0.15) is 0 Å². The number of amides is 2. The Hall–Kier alpha value is -2.47. The number of benzene rings is 2. The molecule has 1 heterocycles. The molecule has 3 rings (SSSR count). The number of carbonyl (C=O) groups excluding carboxylic acids is 1. The second-order valence-corrected chi connectivity index (χ2v) is 6.10. The molecule has 0 bridgehead atoms. The number of nitrogens with zero attached hydrogens (tertiary/aromatic N) is 1. The molecule has 2 aromatic carbocycles. The van der Waals surface area contributed by atoms with E-state index in [1.54, 1.807) is 12.1 Å². The zero-order chi connectivity index (χ0) is 16.2. The number of rotatable bonds is 4. The van der Waals surface area contributed by atoms with Crippen molar-refractivity contribution < 1.29 is 9.18 Å². The highest BCUT2D eigenvalue weighted by Gasteiger charge is 2.09. The van der Waals surface area contributed by atoms with Gasteiger partial charge < -0.3 is 5.32 Å². The minimum atomic E-state index is -0.327. The van der Waals surface area contributed by atoms with Crippen molar-refractivity contribution in [3.8, 4) is 0 Å². The maximum absolute atomic E-state index is 12.8. The number of hydrogen-bond acceptors (Lipinski definition) is 3. The van der Waals surface area contributed by atoms with E-state index in [4.69, 9.17) is 0 Å². The van der Waals surface area contributed by atoms with E-state index in [1.807, 2.05) is 18.2 Å². The molecule has 0 unspecified atom stereocenters. The molecule has 0 aliphatic carbocycles. The smallest absolute Gasteiger partial charge is 0.321 e. The Balaban J connectivity index is 1.64. The van der Waals surface area contributed by atoms with E-state index < -0.39 is 0 Å². The summed E-state index contributed by atoms with van der Waals surface area (Å²) in [7, 11) is 0. The first kappa shape index (κ1) is 15.4. The van der Waals surface area contributed by atoms with Gasteiger partial charge in [0.2, 0.25) is 0 Å². The van der Waals surface area contributed by atoms with Crippen molar-refractivity contribution in [3.05, 3.63) is 59.4 Å². The van der Waals surface area contributed by atoms with Gasteiger partial charge in [0.25, 0.3) is 0 Å². The van der Waals surface area contributed by atoms with Crippen molar-refractivity contribution in [3.63, 3.8) is 0 Å². The van der Waals surface area contributed by atoms with Gasteiger partial charge in [0, 0.05) is 6.54 Å². The molecule has 118 valence electrons. The molecule has 0 saturated carbocycles. The Morgan fingerprint density at radius 1 is 1.22 bits per heavy atom. The number of nitrogens with one attached hydrogen (secondary N) is 2. The van der Waals surface area contributed by atoms with Gasteiger partial charge in [-0.25, -0.2) is 14.2 Å². The Morgan fingerprint density at radius 2 is 2.00 bits per heavy atom. The Bertz CT molecular complexity index is 829. The van der Waals surface area contributed by atoms with E-state index >= 15 is 0 Å². The second kappa shape index (κ2) is 6.75. The van der Waals surface area contributed by atoms with Gasteiger partial charge >= 0.3 is 6.03 Å². The summed E-state index contributed by atoms with van der Waals surface area (Å²) < 4.78 is 13.9. The largest absolute Gasteiger partial charge is 0.334 e. The van der Waals surface area contributed by atoms with Crippen LogP contribution in [0, 0.1) is 5.82 Å². The number of halogens is 1. The molecule has 6 heteroatoms. The second-order valence-electron chi connectivity index (χ2n) is 5.07. The van der Waals surface area contributed by atoms with Gasteiger partial charge in [-0.15, -0.1) is 0 Å². The standard InChI is InChI=1S/C17H16FN3OS/c1-2-12-4-3-5-14-15(12)20-17(23-14)21-16(22)19-10-11-6-8-13(18)9-7-11/h3-9H,2,10H2,1H3,(H2,19,20,21,22). The third-order valence-corrected chi connectivity index (χ3v) is 4.41. The molecule has 3 aromatic rings. The van der Waals surface area contributed by atoms with Gasteiger partial charge in [-0.3, -0.25) is 5.32 Å². The highest BCUT2D eigenvalue weighted by Crippen LogP contribution is 2.28. The molecule has 23 heavy (non-hydrogen) atoms. The Morgan fingerprint density at radius 3 is 2.74 bits per heavy atom. The average Bonchev–Trinajstić information content (AvgIpc) is 2.96. The van der Waals surface area contributed by atoms with Crippen LogP contribution in [0.3, 0.4) is 0 Å². The predicted octanol–water partition coefficient (Wildman–Crippen LogP) is 4.32. The number of para-hydroxylation sites is 1. The lowest BCUT2D eigenvalue weighted by Crippen LogP contribution is -2.28. The molecule has 0 fully saturated rings. The fraction of sp³-hybridized carbons (Fsp3) is 0.176. The summed E-state index contributed by atoms with van der Waals surface area (Å²) in [5, 5.41) is 6.05. The van der Waals surface area contributed by atoms with Crippen LogP contribution in [0.4, 0.5) is 14.3 Å². The molecule has 0 saturated heterocycles. The van der Waals surface area contributed by atoms with Crippen molar-refractivity contribution in [2.75, 3.05) is 5.32 Å². The molecule has 4 nitrogen and oxygen atoms in total. The maximum atomic E-state index is 12.8. The summed E-state index contributed by atoms with van der Waals surface area (Å²) in [4.78, 5) is 16.4. The first-order valence-corrected chi connectivity index (χ1v) is 8.15. The summed E-state index contributed by atoms with van der Waals surface area (Å²) in [6, 6.07) is 11.7. The SMILES string of the molecule is CCc1cccc2sc(NC(=O)NCc3ccc(F)cc3)nc12. The summed E-state index contributed by atoms with van der Waals surface area (Å²) in [6.45, 7) is 2.41. The fourth-order valence-corrected chi connectivity index (χ4v) is 3.18. The first-order valence-electron chi connectivity index (χ1n) is 7.33. The quantitative estimate of drug-likeness (QED) is 0.749. The zero-order valence-electron chi connectivity index (χ0n) is 12.6. The number of thiazole rings is 1. The number of hydrogen-bond donors (Lipinski definition) is 2. The molecular formula is C17H16FN3OS. The van der Waals surface area contributed by atoms with Crippen LogP contribution in [0.5, 0.6) is 0 Å². The zero-order valence-corrected chi connectivity index (χ0v) is 13.4. The van der Waals surface area contributed by atoms with Crippen molar-refractivity contribution in [1.29, 1.82) is 0 Å². The van der Waals surface area contributed by atoms with Crippen LogP contribution in [-0.4, -0.2) is 11.0 Å². The topological polar surface area (TPSA) is 54.0 Å². The minimum absolute atomic E-state index is 0.292. The highest BCUT2D eigenvalue weighted by molar-refractivity contribution is 7.22. The van der Waals surface area contributed by atoms with E-state index in [2.05, 4.69) is 22.5 Å². The van der Waals surface area contributed by atoms with Gasteiger partial charge in [0.05, 0.1) is 10.2 Å². The van der Waals surface area contributed by atoms with E-state index in [0.717, 1.165) is 22.2 Å². The van der Waals surface area contributed by atoms with Crippen LogP contribution in [0.1, 0.15) is 18.1 Å². The van der Waals surface area contributed by atoms with Crippen LogP contribution in [-0.2, 0) is 13.0 Å². The van der Waals surface area contributed by atoms with Crippen molar-refractivity contribution in [1.82, 2.24) is 10.3 Å². The van der Waals surface area contributed by atoms with Gasteiger partial charge in [-0.1, -0.05) is 42.5 Å². The van der Waals surface area contributed by atoms with Crippen molar-refractivity contribution in [2.24, 2.45) is 0 Å². The van der Waals surface area contributed by atoms with Crippen LogP contribution in [0.25, 0.3) is 10.2 Å². The van der Waals surface area contributed by atoms with Crippen LogP contribution in [0.2, 0.25) is 0 Å². The summed E-state index contributed by atoms with van der Waals surface area (Å²) in [5.41, 5.74) is 2.94. The number of fused-ring (bicyclic) bond motifs is 1. The van der Waals surface area contributed by atoms with Crippen LogP contribution >= 0.6 is 11.3 Å². The fourth-order valence-electron chi connectivity index (χ4n) is 2.27. The summed E-state index contributed by atoms with van der Waals surface area (Å²) >= 11 is 1.45. The Labute approximate surface area is 137 Å². The van der Waals surface area contributed by atoms with Gasteiger partial charge in [0.15, 0.2) is 5.13 Å². The van der Waals surface area contributed by atoms with Crippen molar-refractivity contribution >= 4 is 32.7 Å². The molecule has 0 aliphatic heterocycles. The average molecular weight is 329 g/mol. The lowest BCUT2D eigenvalue weighted by atomic mass is 10.1. The maximum Gasteiger partial charge on any atom is 0.321 e. The number of urea groups is 1.